The second kappa shape index (κ2) is 10.1. The van der Waals surface area contributed by atoms with Crippen LogP contribution in [0.2, 0.25) is 0 Å². The Morgan fingerprint density at radius 3 is 2.73 bits per heavy atom. The van der Waals surface area contributed by atoms with E-state index < -0.39 is 0 Å². The number of thiazole rings is 1. The van der Waals surface area contributed by atoms with Gasteiger partial charge in [-0.05, 0) is 25.5 Å². The third kappa shape index (κ3) is 5.56. The Labute approximate surface area is 196 Å². The predicted octanol–water partition coefficient (Wildman–Crippen LogP) is 2.24. The van der Waals surface area contributed by atoms with E-state index in [1.807, 2.05) is 32.0 Å². The lowest BCUT2D eigenvalue weighted by molar-refractivity contribution is 0.103. The average molecular weight is 469 g/mol. The number of hydrogen-bond donors (Lipinski definition) is 4. The first kappa shape index (κ1) is 22.9. The minimum atomic E-state index is -0.262. The number of rotatable bonds is 7. The lowest BCUT2D eigenvalue weighted by Crippen LogP contribution is -2.47. The molecule has 1 fully saturated rings. The van der Waals surface area contributed by atoms with Gasteiger partial charge in [0.05, 0.1) is 24.2 Å². The molecule has 3 aromatic rings. The van der Waals surface area contributed by atoms with E-state index in [1.165, 1.54) is 17.5 Å². The van der Waals surface area contributed by atoms with Crippen LogP contribution >= 0.6 is 11.3 Å². The van der Waals surface area contributed by atoms with Gasteiger partial charge in [0.15, 0.2) is 5.13 Å². The zero-order valence-corrected chi connectivity index (χ0v) is 19.5. The quantitative estimate of drug-likeness (QED) is 0.385. The van der Waals surface area contributed by atoms with Crippen LogP contribution in [0.3, 0.4) is 0 Å². The van der Waals surface area contributed by atoms with E-state index in [4.69, 9.17) is 10.8 Å². The van der Waals surface area contributed by atoms with Crippen molar-refractivity contribution in [2.45, 2.75) is 13.8 Å². The summed E-state index contributed by atoms with van der Waals surface area (Å²) in [5.41, 5.74) is 8.02. The number of carbonyl (C=O) groups excluding carboxylic acids is 1. The van der Waals surface area contributed by atoms with Crippen molar-refractivity contribution in [3.63, 3.8) is 0 Å². The summed E-state index contributed by atoms with van der Waals surface area (Å²) in [5, 5.41) is 15.8. The summed E-state index contributed by atoms with van der Waals surface area (Å²) in [6.45, 7) is 8.04. The summed E-state index contributed by atoms with van der Waals surface area (Å²) in [7, 11) is 0. The van der Waals surface area contributed by atoms with E-state index in [0.29, 0.717) is 39.6 Å². The fraction of sp³-hybridized carbons (Fsp3) is 0.364. The van der Waals surface area contributed by atoms with E-state index in [-0.39, 0.29) is 12.5 Å². The van der Waals surface area contributed by atoms with E-state index in [2.05, 4.69) is 35.4 Å². The van der Waals surface area contributed by atoms with Gasteiger partial charge in [0, 0.05) is 38.8 Å². The summed E-state index contributed by atoms with van der Waals surface area (Å²) in [6, 6.07) is 7.39. The maximum Gasteiger partial charge on any atom is 0.267 e. The van der Waals surface area contributed by atoms with Gasteiger partial charge in [0.25, 0.3) is 5.91 Å². The Bertz CT molecular complexity index is 1110. The number of amides is 1. The van der Waals surface area contributed by atoms with Crippen molar-refractivity contribution in [2.75, 3.05) is 60.6 Å². The average Bonchev–Trinajstić information content (AvgIpc) is 3.25. The van der Waals surface area contributed by atoms with Crippen LogP contribution in [0.1, 0.15) is 21.1 Å². The molecule has 10 nitrogen and oxygen atoms in total. The van der Waals surface area contributed by atoms with Gasteiger partial charge < -0.3 is 26.4 Å². The van der Waals surface area contributed by atoms with Crippen LogP contribution in [-0.2, 0) is 0 Å². The molecule has 33 heavy (non-hydrogen) atoms. The number of aliphatic hydroxyl groups excluding tert-OH is 1. The zero-order valence-electron chi connectivity index (χ0n) is 18.7. The van der Waals surface area contributed by atoms with Crippen LogP contribution < -0.4 is 21.3 Å². The molecule has 3 heterocycles. The minimum Gasteiger partial charge on any atom is -0.397 e. The molecule has 0 aliphatic carbocycles. The van der Waals surface area contributed by atoms with Gasteiger partial charge >= 0.3 is 0 Å². The van der Waals surface area contributed by atoms with Crippen LogP contribution in [0.5, 0.6) is 0 Å². The van der Waals surface area contributed by atoms with Crippen molar-refractivity contribution < 1.29 is 9.90 Å². The van der Waals surface area contributed by atoms with Crippen LogP contribution in [0.4, 0.5) is 28.1 Å². The van der Waals surface area contributed by atoms with Crippen molar-refractivity contribution in [2.24, 2.45) is 0 Å². The minimum absolute atomic E-state index is 0.173. The number of anilines is 5. The van der Waals surface area contributed by atoms with Gasteiger partial charge in [-0.2, -0.15) is 0 Å². The molecule has 11 heteroatoms. The molecular formula is C22H28N8O2S. The van der Waals surface area contributed by atoms with Crippen molar-refractivity contribution in [1.82, 2.24) is 19.9 Å². The molecular weight excluding hydrogens is 440 g/mol. The maximum absolute atomic E-state index is 12.7. The van der Waals surface area contributed by atoms with Gasteiger partial charge in [-0.3, -0.25) is 9.69 Å². The molecule has 0 radical (unpaired) electrons. The monoisotopic (exact) mass is 468 g/mol. The van der Waals surface area contributed by atoms with Crippen LogP contribution in [-0.4, -0.2) is 70.2 Å². The molecule has 174 valence electrons. The molecule has 0 saturated carbocycles. The van der Waals surface area contributed by atoms with Crippen LogP contribution in [0.15, 0.2) is 30.5 Å². The van der Waals surface area contributed by atoms with Gasteiger partial charge in [-0.15, -0.1) is 0 Å². The van der Waals surface area contributed by atoms with E-state index in [1.54, 1.807) is 6.07 Å². The van der Waals surface area contributed by atoms with Gasteiger partial charge in [-0.25, -0.2) is 15.0 Å². The first-order valence-electron chi connectivity index (χ1n) is 10.8. The zero-order chi connectivity index (χ0) is 23.4. The fourth-order valence-corrected chi connectivity index (χ4v) is 4.42. The molecule has 0 unspecified atom stereocenters. The Morgan fingerprint density at radius 1 is 1.21 bits per heavy atom. The lowest BCUT2D eigenvalue weighted by atomic mass is 10.1. The van der Waals surface area contributed by atoms with Gasteiger partial charge in [0.1, 0.15) is 22.3 Å². The SMILES string of the molecule is Cc1nc(Nc2ncc(C(=O)Nc3c(C)cccc3N)s2)cc(N2CCN(CCO)CC2)n1. The molecule has 2 aromatic heterocycles. The van der Waals surface area contributed by atoms with E-state index >= 15 is 0 Å². The highest BCUT2D eigenvalue weighted by molar-refractivity contribution is 7.17. The third-order valence-electron chi connectivity index (χ3n) is 5.44. The van der Waals surface area contributed by atoms with Crippen molar-refractivity contribution in [3.8, 4) is 0 Å². The van der Waals surface area contributed by atoms with Crippen molar-refractivity contribution in [3.05, 3.63) is 46.7 Å². The van der Waals surface area contributed by atoms with Gasteiger partial charge in [-0.1, -0.05) is 23.5 Å². The van der Waals surface area contributed by atoms with Gasteiger partial charge in [0.2, 0.25) is 0 Å². The highest BCUT2D eigenvalue weighted by atomic mass is 32.1. The molecule has 1 amide bonds. The normalized spacial score (nSPS) is 14.3. The van der Waals surface area contributed by atoms with E-state index in [9.17, 15) is 4.79 Å². The number of hydrogen-bond acceptors (Lipinski definition) is 10. The Morgan fingerprint density at radius 2 is 2.00 bits per heavy atom. The third-order valence-corrected chi connectivity index (χ3v) is 6.36. The molecule has 0 atom stereocenters. The molecule has 1 aromatic carbocycles. The highest BCUT2D eigenvalue weighted by Gasteiger charge is 2.19. The number of aromatic nitrogens is 3. The second-order valence-corrected chi connectivity index (χ2v) is 8.89. The first-order valence-corrected chi connectivity index (χ1v) is 11.6. The number of nitrogens with one attached hydrogen (secondary N) is 2. The Balaban J connectivity index is 1.43. The number of aliphatic hydroxyl groups is 1. The number of nitrogen functional groups attached to an aromatic ring is 1. The fourth-order valence-electron chi connectivity index (χ4n) is 3.70. The van der Waals surface area contributed by atoms with Crippen molar-refractivity contribution in [1.29, 1.82) is 0 Å². The number of nitrogens with zero attached hydrogens (tertiary/aromatic N) is 5. The van der Waals surface area contributed by atoms with Crippen molar-refractivity contribution >= 4 is 45.4 Å². The molecule has 1 aliphatic heterocycles. The standard InChI is InChI=1S/C22H28N8O2S/c1-14-4-3-5-16(23)20(14)28-21(32)17-13-24-22(33-17)27-18-12-19(26-15(2)25-18)30-8-6-29(7-9-30)10-11-31/h3-5,12-13,31H,6-11,23H2,1-2H3,(H,28,32)(H,24,25,26,27). The number of benzene rings is 1. The summed E-state index contributed by atoms with van der Waals surface area (Å²) in [4.78, 5) is 31.0. The van der Waals surface area contributed by atoms with E-state index in [0.717, 1.165) is 37.6 Å². The molecule has 5 N–H and O–H groups in total. The summed E-state index contributed by atoms with van der Waals surface area (Å²) in [5.74, 6) is 1.86. The molecule has 1 saturated heterocycles. The predicted molar refractivity (Wildman–Crippen MR) is 131 cm³/mol. The first-order chi connectivity index (χ1) is 15.9. The number of piperazine rings is 1. The topological polar surface area (TPSA) is 133 Å². The smallest absolute Gasteiger partial charge is 0.267 e. The largest absolute Gasteiger partial charge is 0.397 e. The molecule has 0 spiro atoms. The maximum atomic E-state index is 12.7. The van der Waals surface area contributed by atoms with Crippen LogP contribution in [0.25, 0.3) is 0 Å². The second-order valence-electron chi connectivity index (χ2n) is 7.86. The number of nitrogens with two attached hydrogens (primary N) is 1. The molecule has 0 bridgehead atoms. The number of carbonyl (C=O) groups is 1. The summed E-state index contributed by atoms with van der Waals surface area (Å²) >= 11 is 1.24. The lowest BCUT2D eigenvalue weighted by Gasteiger charge is -2.35. The van der Waals surface area contributed by atoms with Crippen LogP contribution in [0, 0.1) is 13.8 Å². The highest BCUT2D eigenvalue weighted by Crippen LogP contribution is 2.27. The Kier molecular flexibility index (Phi) is 7.02. The summed E-state index contributed by atoms with van der Waals surface area (Å²) in [6.07, 6.45) is 1.53. The molecule has 1 aliphatic rings. The Hall–Kier alpha value is -3.28. The number of β-amino-alcohol motifs (C(OH)–C–C–N with tert-alkyl or cyclic N) is 1. The number of para-hydroxylation sites is 1. The summed E-state index contributed by atoms with van der Waals surface area (Å²) < 4.78 is 0. The number of aryl methyl sites for hydroxylation is 2. The molecule has 4 rings (SSSR count).